The number of benzene rings is 1. The van der Waals surface area contributed by atoms with Crippen molar-refractivity contribution in [2.24, 2.45) is 0 Å². The van der Waals surface area contributed by atoms with Crippen LogP contribution in [0.25, 0.3) is 5.69 Å². The number of hydrogen-bond donors (Lipinski definition) is 2. The Morgan fingerprint density at radius 3 is 2.70 bits per heavy atom. The van der Waals surface area contributed by atoms with Gasteiger partial charge < -0.3 is 10.6 Å². The minimum Gasteiger partial charge on any atom is -0.353 e. The number of nitrogens with zero attached hydrogens (tertiary/aromatic N) is 2. The fourth-order valence-corrected chi connectivity index (χ4v) is 3.81. The molecule has 2 N–H and O–H groups in total. The number of aromatic nitrogens is 2. The van der Waals surface area contributed by atoms with E-state index in [0.717, 1.165) is 24.1 Å². The summed E-state index contributed by atoms with van der Waals surface area (Å²) in [6.07, 6.45) is 8.73. The van der Waals surface area contributed by atoms with Gasteiger partial charge in [0.2, 0.25) is 5.91 Å². The summed E-state index contributed by atoms with van der Waals surface area (Å²) < 4.78 is 1.81. The Bertz CT molecular complexity index is 669. The maximum absolute atomic E-state index is 12.3. The van der Waals surface area contributed by atoms with Gasteiger partial charge in [-0.3, -0.25) is 4.79 Å². The van der Waals surface area contributed by atoms with Crippen LogP contribution in [0, 0.1) is 0 Å². The number of carbonyl (C=O) groups is 1. The quantitative estimate of drug-likeness (QED) is 0.905. The predicted molar refractivity (Wildman–Crippen MR) is 88.4 cm³/mol. The number of para-hydroxylation sites is 1. The third-order valence-corrected chi connectivity index (χ3v) is 4.86. The molecule has 3 heterocycles. The fourth-order valence-electron chi connectivity index (χ4n) is 3.81. The van der Waals surface area contributed by atoms with Gasteiger partial charge in [0, 0.05) is 24.3 Å². The van der Waals surface area contributed by atoms with Crippen LogP contribution in [-0.2, 0) is 11.2 Å². The first-order valence-corrected chi connectivity index (χ1v) is 8.40. The smallest absolute Gasteiger partial charge is 0.224 e. The van der Waals surface area contributed by atoms with E-state index in [2.05, 4.69) is 15.7 Å². The number of piperidine rings is 1. The monoisotopic (exact) mass is 310 g/mol. The van der Waals surface area contributed by atoms with E-state index in [4.69, 9.17) is 0 Å². The first-order valence-electron chi connectivity index (χ1n) is 8.40. The van der Waals surface area contributed by atoms with Crippen LogP contribution in [0.3, 0.4) is 0 Å². The van der Waals surface area contributed by atoms with E-state index in [1.165, 1.54) is 12.8 Å². The summed E-state index contributed by atoms with van der Waals surface area (Å²) in [5, 5.41) is 11.1. The normalized spacial score (nSPS) is 26.2. The zero-order valence-electron chi connectivity index (χ0n) is 13.1. The minimum absolute atomic E-state index is 0.101. The molecule has 0 spiro atoms. The predicted octanol–water partition coefficient (Wildman–Crippen LogP) is 1.81. The largest absolute Gasteiger partial charge is 0.353 e. The van der Waals surface area contributed by atoms with Crippen molar-refractivity contribution in [2.45, 2.75) is 50.2 Å². The van der Waals surface area contributed by atoms with Crippen molar-refractivity contribution in [3.63, 3.8) is 0 Å². The number of carbonyl (C=O) groups excluding carboxylic acids is 1. The molecule has 23 heavy (non-hydrogen) atoms. The van der Waals surface area contributed by atoms with Gasteiger partial charge in [0.25, 0.3) is 0 Å². The molecule has 2 aliphatic rings. The SMILES string of the molecule is O=C(Cc1cnn(-c2ccccc2)c1)NC1CC2CCC(C1)N2. The van der Waals surface area contributed by atoms with Crippen LogP contribution < -0.4 is 10.6 Å². The Labute approximate surface area is 136 Å². The molecule has 2 atom stereocenters. The zero-order chi connectivity index (χ0) is 15.6. The second-order valence-electron chi connectivity index (χ2n) is 6.68. The van der Waals surface area contributed by atoms with E-state index < -0.39 is 0 Å². The average molecular weight is 310 g/mol. The van der Waals surface area contributed by atoms with Crippen LogP contribution in [-0.4, -0.2) is 33.8 Å². The maximum Gasteiger partial charge on any atom is 0.224 e. The van der Waals surface area contributed by atoms with E-state index in [1.54, 1.807) is 6.20 Å². The summed E-state index contributed by atoms with van der Waals surface area (Å²) in [5.74, 6) is 0.101. The van der Waals surface area contributed by atoms with Crippen molar-refractivity contribution < 1.29 is 4.79 Å². The van der Waals surface area contributed by atoms with Gasteiger partial charge in [0.1, 0.15) is 0 Å². The van der Waals surface area contributed by atoms with Gasteiger partial charge >= 0.3 is 0 Å². The Balaban J connectivity index is 1.35. The van der Waals surface area contributed by atoms with Crippen LogP contribution in [0.2, 0.25) is 0 Å². The van der Waals surface area contributed by atoms with Crippen molar-refractivity contribution in [3.8, 4) is 5.69 Å². The summed E-state index contributed by atoms with van der Waals surface area (Å²) in [6, 6.07) is 11.5. The summed E-state index contributed by atoms with van der Waals surface area (Å²) in [7, 11) is 0. The van der Waals surface area contributed by atoms with Gasteiger partial charge in [-0.05, 0) is 43.4 Å². The second-order valence-corrected chi connectivity index (χ2v) is 6.68. The topological polar surface area (TPSA) is 59.0 Å². The second kappa shape index (κ2) is 6.16. The summed E-state index contributed by atoms with van der Waals surface area (Å²) in [6.45, 7) is 0. The van der Waals surface area contributed by atoms with Crippen LogP contribution >= 0.6 is 0 Å². The molecule has 2 saturated heterocycles. The van der Waals surface area contributed by atoms with Gasteiger partial charge in [0.05, 0.1) is 18.3 Å². The summed E-state index contributed by atoms with van der Waals surface area (Å²) in [5.41, 5.74) is 1.96. The van der Waals surface area contributed by atoms with Crippen molar-refractivity contribution in [1.29, 1.82) is 0 Å². The molecule has 1 amide bonds. The molecule has 0 aliphatic carbocycles. The Hall–Kier alpha value is -2.14. The molecular weight excluding hydrogens is 288 g/mol. The first-order chi connectivity index (χ1) is 11.3. The standard InChI is InChI=1S/C18H22N4O/c23-18(21-16-9-14-6-7-15(10-16)20-14)8-13-11-19-22(12-13)17-4-2-1-3-5-17/h1-5,11-12,14-16,20H,6-10H2,(H,21,23). The van der Waals surface area contributed by atoms with Gasteiger partial charge in [0.15, 0.2) is 0 Å². The van der Waals surface area contributed by atoms with Crippen molar-refractivity contribution in [2.75, 3.05) is 0 Å². The van der Waals surface area contributed by atoms with Crippen LogP contribution in [0.5, 0.6) is 0 Å². The lowest BCUT2D eigenvalue weighted by Gasteiger charge is -2.29. The van der Waals surface area contributed by atoms with E-state index in [1.807, 2.05) is 41.2 Å². The van der Waals surface area contributed by atoms with E-state index in [0.29, 0.717) is 24.5 Å². The molecule has 2 aliphatic heterocycles. The number of nitrogens with one attached hydrogen (secondary N) is 2. The molecule has 2 unspecified atom stereocenters. The van der Waals surface area contributed by atoms with Crippen LogP contribution in [0.4, 0.5) is 0 Å². The molecule has 5 nitrogen and oxygen atoms in total. The lowest BCUT2D eigenvalue weighted by Crippen LogP contribution is -2.48. The molecule has 2 aromatic rings. The highest BCUT2D eigenvalue weighted by Gasteiger charge is 2.33. The van der Waals surface area contributed by atoms with E-state index in [-0.39, 0.29) is 5.91 Å². The molecule has 120 valence electrons. The fraction of sp³-hybridized carbons (Fsp3) is 0.444. The molecule has 2 fully saturated rings. The van der Waals surface area contributed by atoms with Gasteiger partial charge in [-0.25, -0.2) is 4.68 Å². The van der Waals surface area contributed by atoms with E-state index >= 15 is 0 Å². The molecule has 2 bridgehead atoms. The highest BCUT2D eigenvalue weighted by molar-refractivity contribution is 5.78. The van der Waals surface area contributed by atoms with Crippen molar-refractivity contribution in [3.05, 3.63) is 48.3 Å². The maximum atomic E-state index is 12.3. The van der Waals surface area contributed by atoms with Crippen molar-refractivity contribution >= 4 is 5.91 Å². The summed E-state index contributed by atoms with van der Waals surface area (Å²) in [4.78, 5) is 12.3. The first kappa shape index (κ1) is 14.5. The zero-order valence-corrected chi connectivity index (χ0v) is 13.1. The van der Waals surface area contributed by atoms with Crippen LogP contribution in [0.15, 0.2) is 42.7 Å². The van der Waals surface area contributed by atoms with Crippen molar-refractivity contribution in [1.82, 2.24) is 20.4 Å². The highest BCUT2D eigenvalue weighted by Crippen LogP contribution is 2.26. The molecule has 1 aromatic heterocycles. The molecule has 1 aromatic carbocycles. The number of amides is 1. The number of fused-ring (bicyclic) bond motifs is 2. The average Bonchev–Trinajstić information content (AvgIpc) is 3.15. The van der Waals surface area contributed by atoms with Gasteiger partial charge in [-0.1, -0.05) is 18.2 Å². The molecule has 0 saturated carbocycles. The highest BCUT2D eigenvalue weighted by atomic mass is 16.1. The van der Waals surface area contributed by atoms with Gasteiger partial charge in [-0.15, -0.1) is 0 Å². The Kier molecular flexibility index (Phi) is 3.87. The van der Waals surface area contributed by atoms with E-state index in [9.17, 15) is 4.79 Å². The minimum atomic E-state index is 0.101. The number of hydrogen-bond acceptors (Lipinski definition) is 3. The molecule has 0 radical (unpaired) electrons. The van der Waals surface area contributed by atoms with Crippen LogP contribution in [0.1, 0.15) is 31.2 Å². The molecular formula is C18H22N4O. The molecule has 5 heteroatoms. The Morgan fingerprint density at radius 2 is 1.96 bits per heavy atom. The lowest BCUT2D eigenvalue weighted by molar-refractivity contribution is -0.121. The Morgan fingerprint density at radius 1 is 1.22 bits per heavy atom. The third kappa shape index (κ3) is 3.29. The lowest BCUT2D eigenvalue weighted by atomic mass is 9.99. The summed E-state index contributed by atoms with van der Waals surface area (Å²) >= 11 is 0. The third-order valence-electron chi connectivity index (χ3n) is 4.86. The molecule has 4 rings (SSSR count). The number of rotatable bonds is 4. The van der Waals surface area contributed by atoms with Gasteiger partial charge in [-0.2, -0.15) is 5.10 Å².